The fourth-order valence-electron chi connectivity index (χ4n) is 2.71. The van der Waals surface area contributed by atoms with Gasteiger partial charge in [0.25, 0.3) is 5.91 Å². The molecule has 3 rings (SSSR count). The molecular formula is C16H19N5O2. The van der Waals surface area contributed by atoms with E-state index in [2.05, 4.69) is 20.8 Å². The zero-order chi connectivity index (χ0) is 16.1. The minimum atomic E-state index is -0.287. The Morgan fingerprint density at radius 3 is 2.83 bits per heavy atom. The van der Waals surface area contributed by atoms with Crippen LogP contribution in [0.1, 0.15) is 23.2 Å². The Bertz CT molecular complexity index is 656. The maximum atomic E-state index is 12.5. The lowest BCUT2D eigenvalue weighted by Crippen LogP contribution is -2.50. The van der Waals surface area contributed by atoms with Gasteiger partial charge in [-0.05, 0) is 25.0 Å². The van der Waals surface area contributed by atoms with Gasteiger partial charge < -0.3 is 15.5 Å². The Balaban J connectivity index is 1.55. The Morgan fingerprint density at radius 2 is 2.09 bits per heavy atom. The Kier molecular flexibility index (Phi) is 4.56. The summed E-state index contributed by atoms with van der Waals surface area (Å²) in [6.07, 6.45) is 4.87. The molecule has 0 spiro atoms. The maximum absolute atomic E-state index is 12.5. The predicted octanol–water partition coefficient (Wildman–Crippen LogP) is 1.84. The van der Waals surface area contributed by atoms with Crippen molar-refractivity contribution in [3.8, 4) is 0 Å². The number of hydrogen-bond donors (Lipinski definition) is 3. The van der Waals surface area contributed by atoms with E-state index in [0.29, 0.717) is 17.8 Å². The van der Waals surface area contributed by atoms with Gasteiger partial charge in [-0.2, -0.15) is 5.10 Å². The number of hydrogen-bond acceptors (Lipinski definition) is 3. The summed E-state index contributed by atoms with van der Waals surface area (Å²) in [6.45, 7) is 1.24. The molecule has 0 saturated carbocycles. The van der Waals surface area contributed by atoms with Gasteiger partial charge >= 0.3 is 6.03 Å². The van der Waals surface area contributed by atoms with E-state index >= 15 is 0 Å². The summed E-state index contributed by atoms with van der Waals surface area (Å²) in [5.41, 5.74) is 1.28. The normalized spacial score (nSPS) is 17.6. The molecule has 1 saturated heterocycles. The molecular weight excluding hydrogens is 294 g/mol. The zero-order valence-corrected chi connectivity index (χ0v) is 12.7. The van der Waals surface area contributed by atoms with Crippen LogP contribution >= 0.6 is 0 Å². The minimum absolute atomic E-state index is 0.00680. The van der Waals surface area contributed by atoms with Gasteiger partial charge in [0.1, 0.15) is 0 Å². The first-order chi connectivity index (χ1) is 11.2. The van der Waals surface area contributed by atoms with Crippen LogP contribution in [-0.4, -0.2) is 46.2 Å². The molecule has 2 aromatic rings. The van der Waals surface area contributed by atoms with Crippen molar-refractivity contribution in [1.82, 2.24) is 20.4 Å². The molecule has 120 valence electrons. The van der Waals surface area contributed by atoms with Crippen molar-refractivity contribution in [2.24, 2.45) is 0 Å². The predicted molar refractivity (Wildman–Crippen MR) is 86.1 cm³/mol. The van der Waals surface area contributed by atoms with Crippen molar-refractivity contribution in [2.45, 2.75) is 18.9 Å². The summed E-state index contributed by atoms with van der Waals surface area (Å²) in [6, 6.07) is 8.87. The molecule has 1 fully saturated rings. The van der Waals surface area contributed by atoms with Crippen molar-refractivity contribution in [2.75, 3.05) is 18.4 Å². The molecule has 3 N–H and O–H groups in total. The molecule has 0 unspecified atom stereocenters. The second-order valence-electron chi connectivity index (χ2n) is 5.54. The number of aromatic amines is 1. The van der Waals surface area contributed by atoms with E-state index in [4.69, 9.17) is 0 Å². The van der Waals surface area contributed by atoms with E-state index in [1.807, 2.05) is 30.3 Å². The molecule has 1 aliphatic rings. The number of benzene rings is 1. The monoisotopic (exact) mass is 313 g/mol. The van der Waals surface area contributed by atoms with E-state index in [0.717, 1.165) is 19.4 Å². The quantitative estimate of drug-likeness (QED) is 0.807. The highest BCUT2D eigenvalue weighted by atomic mass is 16.2. The SMILES string of the molecule is O=C(Nc1cn[nH]c1)N[C@@H]1CCCN(C(=O)c2ccccc2)C1. The lowest BCUT2D eigenvalue weighted by atomic mass is 10.0. The number of rotatable bonds is 3. The van der Waals surface area contributed by atoms with E-state index in [-0.39, 0.29) is 18.0 Å². The third-order valence-electron chi connectivity index (χ3n) is 3.82. The fourth-order valence-corrected chi connectivity index (χ4v) is 2.71. The summed E-state index contributed by atoms with van der Waals surface area (Å²) in [5.74, 6) is 0.00680. The second-order valence-corrected chi connectivity index (χ2v) is 5.54. The van der Waals surface area contributed by atoms with Crippen molar-refractivity contribution in [3.63, 3.8) is 0 Å². The van der Waals surface area contributed by atoms with Gasteiger partial charge in [0.05, 0.1) is 11.9 Å². The number of urea groups is 1. The molecule has 7 heteroatoms. The first kappa shape index (κ1) is 15.1. The molecule has 0 aliphatic carbocycles. The number of nitrogens with one attached hydrogen (secondary N) is 3. The van der Waals surface area contributed by atoms with Crippen LogP contribution in [0.5, 0.6) is 0 Å². The van der Waals surface area contributed by atoms with Crippen LogP contribution in [0.15, 0.2) is 42.7 Å². The molecule has 1 aromatic heterocycles. The molecule has 1 aromatic carbocycles. The van der Waals surface area contributed by atoms with Crippen LogP contribution in [0.3, 0.4) is 0 Å². The van der Waals surface area contributed by atoms with Gasteiger partial charge in [0, 0.05) is 30.9 Å². The van der Waals surface area contributed by atoms with Crippen LogP contribution in [-0.2, 0) is 0 Å². The molecule has 2 heterocycles. The highest BCUT2D eigenvalue weighted by Crippen LogP contribution is 2.14. The van der Waals surface area contributed by atoms with Crippen LogP contribution < -0.4 is 10.6 Å². The first-order valence-corrected chi connectivity index (χ1v) is 7.63. The smallest absolute Gasteiger partial charge is 0.319 e. The number of anilines is 1. The van der Waals surface area contributed by atoms with Crippen LogP contribution in [0.4, 0.5) is 10.5 Å². The van der Waals surface area contributed by atoms with Crippen molar-refractivity contribution < 1.29 is 9.59 Å². The highest BCUT2D eigenvalue weighted by molar-refractivity contribution is 5.94. The zero-order valence-electron chi connectivity index (χ0n) is 12.7. The third-order valence-corrected chi connectivity index (χ3v) is 3.82. The van der Waals surface area contributed by atoms with E-state index in [9.17, 15) is 9.59 Å². The average molecular weight is 313 g/mol. The summed E-state index contributed by atoms with van der Waals surface area (Å²) < 4.78 is 0. The van der Waals surface area contributed by atoms with E-state index < -0.39 is 0 Å². The van der Waals surface area contributed by atoms with E-state index in [1.54, 1.807) is 11.1 Å². The minimum Gasteiger partial charge on any atom is -0.337 e. The lowest BCUT2D eigenvalue weighted by Gasteiger charge is -2.33. The number of likely N-dealkylation sites (tertiary alicyclic amines) is 1. The lowest BCUT2D eigenvalue weighted by molar-refractivity contribution is 0.0698. The van der Waals surface area contributed by atoms with Crippen LogP contribution in [0.25, 0.3) is 0 Å². The van der Waals surface area contributed by atoms with Gasteiger partial charge in [-0.1, -0.05) is 18.2 Å². The molecule has 3 amide bonds. The van der Waals surface area contributed by atoms with E-state index in [1.165, 1.54) is 6.20 Å². The fraction of sp³-hybridized carbons (Fsp3) is 0.312. The molecule has 1 atom stereocenters. The van der Waals surface area contributed by atoms with Gasteiger partial charge in [-0.3, -0.25) is 9.89 Å². The van der Waals surface area contributed by atoms with Crippen molar-refractivity contribution in [1.29, 1.82) is 0 Å². The van der Waals surface area contributed by atoms with Gasteiger partial charge in [-0.25, -0.2) is 4.79 Å². The standard InChI is InChI=1S/C16H19N5O2/c22-15(12-5-2-1-3-6-12)21-8-4-7-13(11-21)19-16(23)20-14-9-17-18-10-14/h1-3,5-6,9-10,13H,4,7-8,11H2,(H,17,18)(H2,19,20,23)/t13-/m1/s1. The summed E-state index contributed by atoms with van der Waals surface area (Å²) in [4.78, 5) is 26.2. The number of H-pyrrole nitrogens is 1. The van der Waals surface area contributed by atoms with Crippen molar-refractivity contribution >= 4 is 17.6 Å². The third kappa shape index (κ3) is 3.88. The molecule has 1 aliphatic heterocycles. The largest absolute Gasteiger partial charge is 0.337 e. The average Bonchev–Trinajstić information content (AvgIpc) is 3.08. The highest BCUT2D eigenvalue weighted by Gasteiger charge is 2.25. The Hall–Kier alpha value is -2.83. The summed E-state index contributed by atoms with van der Waals surface area (Å²) >= 11 is 0. The van der Waals surface area contributed by atoms with Crippen molar-refractivity contribution in [3.05, 3.63) is 48.3 Å². The van der Waals surface area contributed by atoms with Gasteiger partial charge in [0.15, 0.2) is 0 Å². The number of nitrogens with zero attached hydrogens (tertiary/aromatic N) is 2. The number of amides is 3. The van der Waals surface area contributed by atoms with Gasteiger partial charge in [0.2, 0.25) is 0 Å². The number of piperidine rings is 1. The number of aromatic nitrogens is 2. The maximum Gasteiger partial charge on any atom is 0.319 e. The Labute approximate surface area is 134 Å². The number of carbonyl (C=O) groups excluding carboxylic acids is 2. The first-order valence-electron chi connectivity index (χ1n) is 7.63. The topological polar surface area (TPSA) is 90.1 Å². The molecule has 0 radical (unpaired) electrons. The number of carbonyl (C=O) groups is 2. The summed E-state index contributed by atoms with van der Waals surface area (Å²) in [7, 11) is 0. The summed E-state index contributed by atoms with van der Waals surface area (Å²) in [5, 5.41) is 12.0. The molecule has 7 nitrogen and oxygen atoms in total. The molecule has 0 bridgehead atoms. The van der Waals surface area contributed by atoms with Gasteiger partial charge in [-0.15, -0.1) is 0 Å². The van der Waals surface area contributed by atoms with Crippen LogP contribution in [0.2, 0.25) is 0 Å². The molecule has 23 heavy (non-hydrogen) atoms. The second kappa shape index (κ2) is 6.95. The van der Waals surface area contributed by atoms with Crippen LogP contribution in [0, 0.1) is 0 Å². The Morgan fingerprint density at radius 1 is 1.26 bits per heavy atom.